The SMILES string of the molecule is O=C1c2ccc(N(c3ccccc3)c3ccccc3)cc2C(=O)c2ccc(-c3ccc(N(c4ccccc4)c4ccccc4)cc3)cc21. The highest BCUT2D eigenvalue weighted by Gasteiger charge is 2.31. The maximum Gasteiger partial charge on any atom is 0.194 e. The minimum Gasteiger partial charge on any atom is -0.311 e. The summed E-state index contributed by atoms with van der Waals surface area (Å²) < 4.78 is 0. The molecule has 0 bridgehead atoms. The fourth-order valence-corrected chi connectivity index (χ4v) is 6.46. The predicted molar refractivity (Wildman–Crippen MR) is 195 cm³/mol. The van der Waals surface area contributed by atoms with Crippen molar-refractivity contribution in [3.8, 4) is 11.1 Å². The molecular formula is C44H30N2O2. The van der Waals surface area contributed by atoms with E-state index in [2.05, 4.69) is 58.3 Å². The number of ketones is 2. The van der Waals surface area contributed by atoms with Crippen LogP contribution in [-0.4, -0.2) is 11.6 Å². The standard InChI is InChI=1S/C44H30N2O2/c47-43-40-28-26-38(46(35-17-9-3-10-18-35)36-19-11-4-12-20-36)30-42(40)44(48)39-27-23-32(29-41(39)43)31-21-24-37(25-22-31)45(33-13-5-1-6-14-33)34-15-7-2-8-16-34/h1-30H. The van der Waals surface area contributed by atoms with Gasteiger partial charge < -0.3 is 9.80 Å². The summed E-state index contributed by atoms with van der Waals surface area (Å²) in [4.78, 5) is 32.2. The lowest BCUT2D eigenvalue weighted by Gasteiger charge is -2.27. The number of rotatable bonds is 7. The van der Waals surface area contributed by atoms with Gasteiger partial charge in [-0.15, -0.1) is 0 Å². The molecule has 0 atom stereocenters. The van der Waals surface area contributed by atoms with Gasteiger partial charge in [-0.2, -0.15) is 0 Å². The molecular weight excluding hydrogens is 588 g/mol. The van der Waals surface area contributed by atoms with Crippen molar-refractivity contribution >= 4 is 45.7 Å². The summed E-state index contributed by atoms with van der Waals surface area (Å²) >= 11 is 0. The molecule has 0 aromatic heterocycles. The van der Waals surface area contributed by atoms with Crippen molar-refractivity contribution in [3.05, 3.63) is 204 Å². The molecule has 7 aromatic rings. The van der Waals surface area contributed by atoms with Crippen LogP contribution in [0.3, 0.4) is 0 Å². The highest BCUT2D eigenvalue weighted by atomic mass is 16.1. The number of benzene rings is 7. The zero-order valence-corrected chi connectivity index (χ0v) is 26.0. The number of nitrogens with zero attached hydrogens (tertiary/aromatic N) is 2. The largest absolute Gasteiger partial charge is 0.311 e. The van der Waals surface area contributed by atoms with Crippen molar-refractivity contribution < 1.29 is 9.59 Å². The van der Waals surface area contributed by atoms with Crippen LogP contribution >= 0.6 is 0 Å². The lowest BCUT2D eigenvalue weighted by Crippen LogP contribution is -2.22. The molecule has 48 heavy (non-hydrogen) atoms. The van der Waals surface area contributed by atoms with Crippen molar-refractivity contribution in [2.45, 2.75) is 0 Å². The van der Waals surface area contributed by atoms with Gasteiger partial charge in [-0.3, -0.25) is 9.59 Å². The first-order valence-electron chi connectivity index (χ1n) is 15.9. The van der Waals surface area contributed by atoms with Crippen LogP contribution in [0.2, 0.25) is 0 Å². The lowest BCUT2D eigenvalue weighted by atomic mass is 9.82. The number of hydrogen-bond donors (Lipinski definition) is 0. The van der Waals surface area contributed by atoms with Crippen LogP contribution in [0.1, 0.15) is 31.8 Å². The third-order valence-corrected chi connectivity index (χ3v) is 8.78. The zero-order chi connectivity index (χ0) is 32.5. The molecule has 8 rings (SSSR count). The number of hydrogen-bond acceptors (Lipinski definition) is 4. The molecule has 228 valence electrons. The number of para-hydroxylation sites is 4. The summed E-state index contributed by atoms with van der Waals surface area (Å²) in [6, 6.07) is 60.0. The minimum absolute atomic E-state index is 0.144. The zero-order valence-electron chi connectivity index (χ0n) is 26.0. The Labute approximate surface area is 279 Å². The molecule has 4 heteroatoms. The van der Waals surface area contributed by atoms with Crippen LogP contribution in [0.4, 0.5) is 34.1 Å². The van der Waals surface area contributed by atoms with Gasteiger partial charge in [0.15, 0.2) is 11.6 Å². The predicted octanol–water partition coefficient (Wildman–Crippen LogP) is 11.1. The molecule has 1 aliphatic rings. The highest BCUT2D eigenvalue weighted by Crippen LogP contribution is 2.39. The van der Waals surface area contributed by atoms with E-state index in [4.69, 9.17) is 0 Å². The van der Waals surface area contributed by atoms with E-state index in [-0.39, 0.29) is 11.6 Å². The van der Waals surface area contributed by atoms with Crippen LogP contribution in [-0.2, 0) is 0 Å². The second kappa shape index (κ2) is 12.3. The Kier molecular flexibility index (Phi) is 7.44. The highest BCUT2D eigenvalue weighted by molar-refractivity contribution is 6.29. The third-order valence-electron chi connectivity index (χ3n) is 8.78. The monoisotopic (exact) mass is 618 g/mol. The van der Waals surface area contributed by atoms with Gasteiger partial charge in [0.05, 0.1) is 0 Å². The molecule has 0 saturated heterocycles. The summed E-state index contributed by atoms with van der Waals surface area (Å²) in [5.74, 6) is -0.291. The first-order chi connectivity index (χ1) is 23.7. The van der Waals surface area contributed by atoms with E-state index in [1.54, 1.807) is 12.1 Å². The maximum atomic E-state index is 14.0. The lowest BCUT2D eigenvalue weighted by molar-refractivity contribution is 0.0979. The van der Waals surface area contributed by atoms with E-state index in [9.17, 15) is 9.59 Å². The van der Waals surface area contributed by atoms with Crippen molar-refractivity contribution in [3.63, 3.8) is 0 Å². The molecule has 0 amide bonds. The Hall–Kier alpha value is -6.52. The van der Waals surface area contributed by atoms with Gasteiger partial charge in [0.1, 0.15) is 0 Å². The summed E-state index contributed by atoms with van der Waals surface area (Å²) in [5.41, 5.74) is 9.42. The number of fused-ring (bicyclic) bond motifs is 2. The maximum absolute atomic E-state index is 14.0. The van der Waals surface area contributed by atoms with E-state index in [0.717, 1.165) is 45.3 Å². The van der Waals surface area contributed by atoms with Crippen LogP contribution < -0.4 is 9.80 Å². The molecule has 4 nitrogen and oxygen atoms in total. The molecule has 0 radical (unpaired) electrons. The fraction of sp³-hybridized carbons (Fsp3) is 0. The Balaban J connectivity index is 1.12. The average Bonchev–Trinajstić information content (AvgIpc) is 3.16. The summed E-state index contributed by atoms with van der Waals surface area (Å²) in [5, 5.41) is 0. The van der Waals surface area contributed by atoms with Crippen LogP contribution in [0.25, 0.3) is 11.1 Å². The van der Waals surface area contributed by atoms with Gasteiger partial charge >= 0.3 is 0 Å². The topological polar surface area (TPSA) is 40.6 Å². The normalized spacial score (nSPS) is 11.8. The van der Waals surface area contributed by atoms with Crippen molar-refractivity contribution in [1.82, 2.24) is 0 Å². The van der Waals surface area contributed by atoms with E-state index < -0.39 is 0 Å². The molecule has 7 aromatic carbocycles. The van der Waals surface area contributed by atoms with Gasteiger partial charge in [0, 0.05) is 56.4 Å². The molecule has 0 spiro atoms. The number of anilines is 6. The van der Waals surface area contributed by atoms with E-state index in [0.29, 0.717) is 22.3 Å². The first kappa shape index (κ1) is 28.9. The molecule has 0 N–H and O–H groups in total. The summed E-state index contributed by atoms with van der Waals surface area (Å²) in [6.07, 6.45) is 0. The van der Waals surface area contributed by atoms with Gasteiger partial charge in [-0.25, -0.2) is 0 Å². The quantitative estimate of drug-likeness (QED) is 0.178. The third kappa shape index (κ3) is 5.25. The van der Waals surface area contributed by atoms with Crippen LogP contribution in [0.5, 0.6) is 0 Å². The molecule has 0 unspecified atom stereocenters. The van der Waals surface area contributed by atoms with Gasteiger partial charge in [0.2, 0.25) is 0 Å². The van der Waals surface area contributed by atoms with Gasteiger partial charge in [-0.1, -0.05) is 91.0 Å². The Morgan fingerprint density at radius 2 is 0.604 bits per heavy atom. The molecule has 0 aliphatic heterocycles. The van der Waals surface area contributed by atoms with Crippen molar-refractivity contribution in [1.29, 1.82) is 0 Å². The number of carbonyl (C=O) groups excluding carboxylic acids is 2. The van der Waals surface area contributed by atoms with Gasteiger partial charge in [0.25, 0.3) is 0 Å². The van der Waals surface area contributed by atoms with Crippen LogP contribution in [0, 0.1) is 0 Å². The molecule has 1 aliphatic carbocycles. The van der Waals surface area contributed by atoms with Gasteiger partial charge in [-0.05, 0) is 102 Å². The second-order valence-electron chi connectivity index (χ2n) is 11.7. The second-order valence-corrected chi connectivity index (χ2v) is 11.7. The van der Waals surface area contributed by atoms with Crippen LogP contribution in [0.15, 0.2) is 182 Å². The minimum atomic E-state index is -0.147. The smallest absolute Gasteiger partial charge is 0.194 e. The van der Waals surface area contributed by atoms with E-state index in [1.165, 1.54) is 0 Å². The Morgan fingerprint density at radius 3 is 1.06 bits per heavy atom. The Bertz CT molecular complexity index is 2170. The Morgan fingerprint density at radius 1 is 0.271 bits per heavy atom. The fourth-order valence-electron chi connectivity index (χ4n) is 6.46. The van der Waals surface area contributed by atoms with E-state index in [1.807, 2.05) is 121 Å². The van der Waals surface area contributed by atoms with E-state index >= 15 is 0 Å². The summed E-state index contributed by atoms with van der Waals surface area (Å²) in [6.45, 7) is 0. The number of carbonyl (C=O) groups is 2. The van der Waals surface area contributed by atoms with Crippen molar-refractivity contribution in [2.75, 3.05) is 9.80 Å². The summed E-state index contributed by atoms with van der Waals surface area (Å²) in [7, 11) is 0. The molecule has 0 fully saturated rings. The average molecular weight is 619 g/mol. The first-order valence-corrected chi connectivity index (χ1v) is 15.9. The molecule has 0 saturated carbocycles. The molecule has 0 heterocycles. The van der Waals surface area contributed by atoms with Crippen molar-refractivity contribution in [2.24, 2.45) is 0 Å².